The van der Waals surface area contributed by atoms with Gasteiger partial charge in [-0.1, -0.05) is 19.3 Å². The minimum atomic E-state index is -4.26. The molecular formula is C14H23F3N2O. The zero-order valence-electron chi connectivity index (χ0n) is 11.6. The van der Waals surface area contributed by atoms with Gasteiger partial charge in [-0.2, -0.15) is 13.2 Å². The van der Waals surface area contributed by atoms with E-state index in [4.69, 9.17) is 0 Å². The quantitative estimate of drug-likeness (QED) is 0.839. The Bertz CT molecular complexity index is 327. The number of carbonyl (C=O) groups is 1. The molecule has 0 aromatic carbocycles. The molecule has 0 aromatic heterocycles. The summed E-state index contributed by atoms with van der Waals surface area (Å²) < 4.78 is 38.9. The van der Waals surface area contributed by atoms with Crippen LogP contribution in [0.1, 0.15) is 44.9 Å². The van der Waals surface area contributed by atoms with E-state index in [0.717, 1.165) is 25.8 Å². The van der Waals surface area contributed by atoms with E-state index in [0.29, 0.717) is 25.8 Å². The third-order valence-electron chi connectivity index (χ3n) is 4.46. The van der Waals surface area contributed by atoms with E-state index in [-0.39, 0.29) is 12.5 Å². The second-order valence-electron chi connectivity index (χ2n) is 5.93. The van der Waals surface area contributed by atoms with Crippen LogP contribution >= 0.6 is 0 Å². The first-order chi connectivity index (χ1) is 9.48. The molecule has 1 saturated heterocycles. The lowest BCUT2D eigenvalue weighted by Crippen LogP contribution is -2.48. The van der Waals surface area contributed by atoms with E-state index in [1.165, 1.54) is 0 Å². The minimum absolute atomic E-state index is 0.0866. The number of rotatable bonds is 3. The van der Waals surface area contributed by atoms with Gasteiger partial charge in [-0.25, -0.2) is 0 Å². The highest BCUT2D eigenvalue weighted by molar-refractivity contribution is 5.79. The highest BCUT2D eigenvalue weighted by Gasteiger charge is 2.47. The molecule has 1 aliphatic carbocycles. The molecule has 6 heteroatoms. The molecular weight excluding hydrogens is 269 g/mol. The molecule has 0 radical (unpaired) electrons. The Morgan fingerprint density at radius 1 is 1.10 bits per heavy atom. The number of hydrogen-bond donors (Lipinski definition) is 2. The van der Waals surface area contributed by atoms with E-state index < -0.39 is 23.9 Å². The number of alkyl halides is 3. The Labute approximate surface area is 117 Å². The maximum Gasteiger partial charge on any atom is 0.392 e. The van der Waals surface area contributed by atoms with Gasteiger partial charge in [0.25, 0.3) is 0 Å². The van der Waals surface area contributed by atoms with Gasteiger partial charge in [-0.05, 0) is 32.2 Å². The molecule has 1 heterocycles. The van der Waals surface area contributed by atoms with Crippen molar-refractivity contribution in [1.82, 2.24) is 10.6 Å². The van der Waals surface area contributed by atoms with Crippen LogP contribution in [-0.4, -0.2) is 31.2 Å². The van der Waals surface area contributed by atoms with Crippen molar-refractivity contribution in [1.29, 1.82) is 0 Å². The molecule has 0 spiro atoms. The van der Waals surface area contributed by atoms with E-state index in [1.807, 2.05) is 0 Å². The Morgan fingerprint density at radius 2 is 1.80 bits per heavy atom. The molecule has 2 aliphatic rings. The van der Waals surface area contributed by atoms with Gasteiger partial charge in [0.15, 0.2) is 0 Å². The SMILES string of the molecule is O=C(NCC1CCCCN1)C1CCCCC1C(F)(F)F. The number of nitrogens with one attached hydrogen (secondary N) is 2. The zero-order valence-corrected chi connectivity index (χ0v) is 11.6. The maximum absolute atomic E-state index is 13.0. The first-order valence-corrected chi connectivity index (χ1v) is 7.56. The van der Waals surface area contributed by atoms with E-state index in [9.17, 15) is 18.0 Å². The van der Waals surface area contributed by atoms with Crippen LogP contribution in [0.4, 0.5) is 13.2 Å². The first kappa shape index (κ1) is 15.6. The van der Waals surface area contributed by atoms with Gasteiger partial charge >= 0.3 is 6.18 Å². The second kappa shape index (κ2) is 6.78. The fraction of sp³-hybridized carbons (Fsp3) is 0.929. The summed E-state index contributed by atoms with van der Waals surface area (Å²) in [6.07, 6.45) is 0.687. The van der Waals surface area contributed by atoms with E-state index in [2.05, 4.69) is 10.6 Å². The monoisotopic (exact) mass is 292 g/mol. The number of hydrogen-bond acceptors (Lipinski definition) is 2. The topological polar surface area (TPSA) is 41.1 Å². The Hall–Kier alpha value is -0.780. The summed E-state index contributed by atoms with van der Waals surface area (Å²) >= 11 is 0. The van der Waals surface area contributed by atoms with Crippen molar-refractivity contribution in [3.8, 4) is 0 Å². The van der Waals surface area contributed by atoms with Crippen LogP contribution in [0.25, 0.3) is 0 Å². The van der Waals surface area contributed by atoms with Crippen molar-refractivity contribution in [2.24, 2.45) is 11.8 Å². The molecule has 116 valence electrons. The standard InChI is InChI=1S/C14H23F3N2O/c15-14(16,17)12-7-2-1-6-11(12)13(20)19-9-10-5-3-4-8-18-10/h10-12,18H,1-9H2,(H,19,20). The molecule has 1 amide bonds. The number of carbonyl (C=O) groups excluding carboxylic acids is 1. The molecule has 2 N–H and O–H groups in total. The summed E-state index contributed by atoms with van der Waals surface area (Å²) in [5, 5.41) is 6.00. The van der Waals surface area contributed by atoms with Gasteiger partial charge in [0, 0.05) is 18.5 Å². The van der Waals surface area contributed by atoms with Crippen LogP contribution in [-0.2, 0) is 4.79 Å². The number of halogens is 3. The lowest BCUT2D eigenvalue weighted by molar-refractivity contribution is -0.198. The lowest BCUT2D eigenvalue weighted by atomic mass is 9.78. The van der Waals surface area contributed by atoms with Crippen LogP contribution in [0.5, 0.6) is 0 Å². The predicted octanol–water partition coefficient (Wildman–Crippen LogP) is 2.61. The highest BCUT2D eigenvalue weighted by Crippen LogP contribution is 2.41. The predicted molar refractivity (Wildman–Crippen MR) is 70.2 cm³/mol. The van der Waals surface area contributed by atoms with Crippen molar-refractivity contribution in [2.75, 3.05) is 13.1 Å². The van der Waals surface area contributed by atoms with E-state index in [1.54, 1.807) is 0 Å². The third-order valence-corrected chi connectivity index (χ3v) is 4.46. The summed E-state index contributed by atoms with van der Waals surface area (Å²) in [7, 11) is 0. The van der Waals surface area contributed by atoms with Gasteiger partial charge < -0.3 is 10.6 Å². The number of amides is 1. The zero-order chi connectivity index (χ0) is 14.6. The van der Waals surface area contributed by atoms with Gasteiger partial charge in [0.2, 0.25) is 5.91 Å². The Morgan fingerprint density at radius 3 is 2.45 bits per heavy atom. The van der Waals surface area contributed by atoms with Crippen molar-refractivity contribution >= 4 is 5.91 Å². The summed E-state index contributed by atoms with van der Waals surface area (Å²) in [6.45, 7) is 1.37. The maximum atomic E-state index is 13.0. The summed E-state index contributed by atoms with van der Waals surface area (Å²) in [5.41, 5.74) is 0. The molecule has 0 aromatic rings. The Kier molecular flexibility index (Phi) is 5.29. The van der Waals surface area contributed by atoms with Gasteiger partial charge in [0.05, 0.1) is 5.92 Å². The lowest BCUT2D eigenvalue weighted by Gasteiger charge is -2.32. The molecule has 0 bridgehead atoms. The van der Waals surface area contributed by atoms with Gasteiger partial charge in [0.1, 0.15) is 0 Å². The van der Waals surface area contributed by atoms with Crippen molar-refractivity contribution in [2.45, 2.75) is 57.2 Å². The van der Waals surface area contributed by atoms with Crippen LogP contribution in [0.15, 0.2) is 0 Å². The molecule has 2 fully saturated rings. The average molecular weight is 292 g/mol. The van der Waals surface area contributed by atoms with Gasteiger partial charge in [-0.3, -0.25) is 4.79 Å². The molecule has 1 saturated carbocycles. The molecule has 3 unspecified atom stereocenters. The van der Waals surface area contributed by atoms with Crippen LogP contribution < -0.4 is 10.6 Å². The molecule has 3 atom stereocenters. The Balaban J connectivity index is 1.85. The minimum Gasteiger partial charge on any atom is -0.354 e. The largest absolute Gasteiger partial charge is 0.392 e. The van der Waals surface area contributed by atoms with Crippen LogP contribution in [0, 0.1) is 11.8 Å². The smallest absolute Gasteiger partial charge is 0.354 e. The third kappa shape index (κ3) is 4.11. The van der Waals surface area contributed by atoms with Crippen molar-refractivity contribution in [3.63, 3.8) is 0 Å². The second-order valence-corrected chi connectivity index (χ2v) is 5.93. The van der Waals surface area contributed by atoms with Crippen LogP contribution in [0.3, 0.4) is 0 Å². The van der Waals surface area contributed by atoms with E-state index >= 15 is 0 Å². The van der Waals surface area contributed by atoms with Crippen molar-refractivity contribution in [3.05, 3.63) is 0 Å². The van der Waals surface area contributed by atoms with Crippen LogP contribution in [0.2, 0.25) is 0 Å². The molecule has 3 nitrogen and oxygen atoms in total. The van der Waals surface area contributed by atoms with Gasteiger partial charge in [-0.15, -0.1) is 0 Å². The molecule has 20 heavy (non-hydrogen) atoms. The summed E-state index contributed by atoms with van der Waals surface area (Å²) in [6, 6.07) is 0.209. The first-order valence-electron chi connectivity index (χ1n) is 7.56. The average Bonchev–Trinajstić information content (AvgIpc) is 2.45. The summed E-state index contributed by atoms with van der Waals surface area (Å²) in [5.74, 6) is -2.78. The summed E-state index contributed by atoms with van der Waals surface area (Å²) in [4.78, 5) is 12.1. The highest BCUT2D eigenvalue weighted by atomic mass is 19.4. The fourth-order valence-corrected chi connectivity index (χ4v) is 3.29. The molecule has 2 rings (SSSR count). The van der Waals surface area contributed by atoms with Crippen molar-refractivity contribution < 1.29 is 18.0 Å². The normalized spacial score (nSPS) is 31.9. The number of piperidine rings is 1. The fourth-order valence-electron chi connectivity index (χ4n) is 3.29. The molecule has 1 aliphatic heterocycles.